The first-order chi connectivity index (χ1) is 12.8. The summed E-state index contributed by atoms with van der Waals surface area (Å²) in [7, 11) is 0. The normalized spacial score (nSPS) is 20.8. The van der Waals surface area contributed by atoms with Gasteiger partial charge in [-0.3, -0.25) is 4.98 Å². The molecule has 2 atom stereocenters. The van der Waals surface area contributed by atoms with Gasteiger partial charge in [-0.25, -0.2) is 5.01 Å². The van der Waals surface area contributed by atoms with E-state index in [9.17, 15) is 0 Å². The quantitative estimate of drug-likeness (QED) is 0.646. The van der Waals surface area contributed by atoms with Crippen molar-refractivity contribution in [1.29, 1.82) is 0 Å². The molecule has 2 aliphatic heterocycles. The van der Waals surface area contributed by atoms with Crippen molar-refractivity contribution in [2.45, 2.75) is 18.7 Å². The number of pyridine rings is 1. The molecule has 26 heavy (non-hydrogen) atoms. The molecule has 2 unspecified atom stereocenters. The third kappa shape index (κ3) is 2.54. The first kappa shape index (κ1) is 15.4. The fourth-order valence-corrected chi connectivity index (χ4v) is 3.72. The highest BCUT2D eigenvalue weighted by atomic mass is 35.5. The van der Waals surface area contributed by atoms with E-state index in [1.165, 1.54) is 5.56 Å². The smallest absolute Gasteiger partial charge is 0.213 e. The summed E-state index contributed by atoms with van der Waals surface area (Å²) in [6.07, 6.45) is 4.19. The van der Waals surface area contributed by atoms with Gasteiger partial charge in [-0.1, -0.05) is 48.0 Å². The van der Waals surface area contributed by atoms with Gasteiger partial charge < -0.3 is 4.74 Å². The number of rotatable bonds is 2. The van der Waals surface area contributed by atoms with Crippen LogP contribution >= 0.6 is 11.6 Å². The molecule has 4 nitrogen and oxygen atoms in total. The van der Waals surface area contributed by atoms with Crippen LogP contribution in [0.15, 0.2) is 78.2 Å². The lowest BCUT2D eigenvalue weighted by Gasteiger charge is -2.38. The first-order valence-corrected chi connectivity index (χ1v) is 8.95. The Labute approximate surface area is 156 Å². The second-order valence-corrected chi connectivity index (χ2v) is 6.88. The molecule has 2 aromatic carbocycles. The Bertz CT molecular complexity index is 972. The SMILES string of the molecule is Clc1ccc(C2Oc3ccccc3C3CC(c4cccnc4)=NN32)cc1. The van der Waals surface area contributed by atoms with Crippen molar-refractivity contribution in [1.82, 2.24) is 9.99 Å². The van der Waals surface area contributed by atoms with Crippen molar-refractivity contribution in [3.8, 4) is 5.75 Å². The molecular weight excluding hydrogens is 346 g/mol. The third-order valence-electron chi connectivity index (χ3n) is 4.85. The zero-order valence-electron chi connectivity index (χ0n) is 13.9. The minimum absolute atomic E-state index is 0.149. The molecule has 5 heteroatoms. The van der Waals surface area contributed by atoms with Crippen molar-refractivity contribution in [2.75, 3.05) is 0 Å². The number of ether oxygens (including phenoxy) is 1. The van der Waals surface area contributed by atoms with E-state index in [-0.39, 0.29) is 12.3 Å². The van der Waals surface area contributed by atoms with Gasteiger partial charge in [0.15, 0.2) is 0 Å². The Morgan fingerprint density at radius 1 is 1.00 bits per heavy atom. The predicted molar refractivity (Wildman–Crippen MR) is 101 cm³/mol. The second-order valence-electron chi connectivity index (χ2n) is 6.45. The summed E-state index contributed by atoms with van der Waals surface area (Å²) in [6, 6.07) is 20.1. The molecule has 0 fully saturated rings. The van der Waals surface area contributed by atoms with Gasteiger partial charge in [0, 0.05) is 40.5 Å². The Morgan fingerprint density at radius 2 is 1.85 bits per heavy atom. The summed E-state index contributed by atoms with van der Waals surface area (Å²) in [5.74, 6) is 0.913. The fraction of sp³-hybridized carbons (Fsp3) is 0.143. The minimum atomic E-state index is -0.277. The van der Waals surface area contributed by atoms with Crippen LogP contribution in [-0.4, -0.2) is 15.7 Å². The van der Waals surface area contributed by atoms with E-state index < -0.39 is 0 Å². The molecule has 2 aliphatic rings. The molecule has 5 rings (SSSR count). The van der Waals surface area contributed by atoms with Crippen molar-refractivity contribution < 1.29 is 4.74 Å². The molecule has 0 saturated heterocycles. The lowest BCUT2D eigenvalue weighted by atomic mass is 9.96. The summed E-state index contributed by atoms with van der Waals surface area (Å²) in [4.78, 5) is 4.23. The predicted octanol–water partition coefficient (Wildman–Crippen LogP) is 4.98. The van der Waals surface area contributed by atoms with Gasteiger partial charge in [0.2, 0.25) is 6.23 Å². The Balaban J connectivity index is 1.60. The molecule has 0 spiro atoms. The third-order valence-corrected chi connectivity index (χ3v) is 5.10. The zero-order chi connectivity index (χ0) is 17.5. The Hall–Kier alpha value is -2.85. The monoisotopic (exact) mass is 361 g/mol. The highest BCUT2D eigenvalue weighted by Gasteiger charge is 2.40. The first-order valence-electron chi connectivity index (χ1n) is 8.57. The number of hydrogen-bond donors (Lipinski definition) is 0. The number of halogens is 1. The summed E-state index contributed by atoms with van der Waals surface area (Å²) in [5.41, 5.74) is 4.28. The molecule has 0 N–H and O–H groups in total. The van der Waals surface area contributed by atoms with Crippen LogP contribution in [0.1, 0.15) is 35.4 Å². The zero-order valence-corrected chi connectivity index (χ0v) is 14.7. The van der Waals surface area contributed by atoms with Crippen LogP contribution in [0.5, 0.6) is 5.75 Å². The number of benzene rings is 2. The number of aromatic nitrogens is 1. The van der Waals surface area contributed by atoms with Crippen molar-refractivity contribution in [3.63, 3.8) is 0 Å². The summed E-state index contributed by atoms with van der Waals surface area (Å²) < 4.78 is 6.32. The van der Waals surface area contributed by atoms with E-state index in [0.717, 1.165) is 29.0 Å². The largest absolute Gasteiger partial charge is 0.464 e. The van der Waals surface area contributed by atoms with Gasteiger partial charge in [0.05, 0.1) is 11.8 Å². The number of fused-ring (bicyclic) bond motifs is 3. The second kappa shape index (κ2) is 6.15. The lowest BCUT2D eigenvalue weighted by Crippen LogP contribution is -2.33. The molecule has 3 heterocycles. The molecule has 0 bridgehead atoms. The summed E-state index contributed by atoms with van der Waals surface area (Å²) in [5, 5.41) is 7.69. The number of hydrogen-bond acceptors (Lipinski definition) is 4. The number of para-hydroxylation sites is 1. The van der Waals surface area contributed by atoms with Crippen LogP contribution in [0.3, 0.4) is 0 Å². The Kier molecular flexibility index (Phi) is 3.64. The van der Waals surface area contributed by atoms with Crippen LogP contribution < -0.4 is 4.74 Å². The van der Waals surface area contributed by atoms with E-state index in [0.29, 0.717) is 5.02 Å². The van der Waals surface area contributed by atoms with E-state index in [1.807, 2.05) is 60.8 Å². The maximum absolute atomic E-state index is 6.32. The molecule has 128 valence electrons. The van der Waals surface area contributed by atoms with Crippen LogP contribution in [0.25, 0.3) is 0 Å². The maximum atomic E-state index is 6.32. The highest BCUT2D eigenvalue weighted by Crippen LogP contribution is 2.47. The molecule has 0 aliphatic carbocycles. The molecule has 0 saturated carbocycles. The molecular formula is C21H16ClN3O. The van der Waals surface area contributed by atoms with Gasteiger partial charge in [0.25, 0.3) is 0 Å². The van der Waals surface area contributed by atoms with E-state index in [2.05, 4.69) is 16.1 Å². The molecule has 3 aromatic rings. The van der Waals surface area contributed by atoms with Crippen molar-refractivity contribution >= 4 is 17.3 Å². The average Bonchev–Trinajstić information content (AvgIpc) is 3.14. The number of hydrazone groups is 1. The minimum Gasteiger partial charge on any atom is -0.464 e. The van der Waals surface area contributed by atoms with Crippen LogP contribution in [0, 0.1) is 0 Å². The van der Waals surface area contributed by atoms with Crippen molar-refractivity contribution in [3.05, 3.63) is 94.8 Å². The van der Waals surface area contributed by atoms with E-state index in [4.69, 9.17) is 21.4 Å². The summed E-state index contributed by atoms with van der Waals surface area (Å²) >= 11 is 6.06. The molecule has 0 amide bonds. The lowest BCUT2D eigenvalue weighted by molar-refractivity contribution is -0.0190. The molecule has 1 aromatic heterocycles. The van der Waals surface area contributed by atoms with Gasteiger partial charge in [0.1, 0.15) is 5.75 Å². The fourth-order valence-electron chi connectivity index (χ4n) is 3.59. The van der Waals surface area contributed by atoms with Crippen LogP contribution in [0.2, 0.25) is 5.02 Å². The van der Waals surface area contributed by atoms with Gasteiger partial charge in [-0.2, -0.15) is 5.10 Å². The van der Waals surface area contributed by atoms with E-state index >= 15 is 0 Å². The Morgan fingerprint density at radius 3 is 2.65 bits per heavy atom. The van der Waals surface area contributed by atoms with Crippen LogP contribution in [-0.2, 0) is 0 Å². The highest BCUT2D eigenvalue weighted by molar-refractivity contribution is 6.30. The van der Waals surface area contributed by atoms with Gasteiger partial charge >= 0.3 is 0 Å². The van der Waals surface area contributed by atoms with Crippen molar-refractivity contribution in [2.24, 2.45) is 5.10 Å². The van der Waals surface area contributed by atoms with Gasteiger partial charge in [-0.05, 0) is 24.3 Å². The van der Waals surface area contributed by atoms with Gasteiger partial charge in [-0.15, -0.1) is 0 Å². The van der Waals surface area contributed by atoms with E-state index in [1.54, 1.807) is 6.20 Å². The summed E-state index contributed by atoms with van der Waals surface area (Å²) in [6.45, 7) is 0. The van der Waals surface area contributed by atoms with Crippen LogP contribution in [0.4, 0.5) is 0 Å². The maximum Gasteiger partial charge on any atom is 0.213 e. The standard InChI is InChI=1S/C21H16ClN3O/c22-16-9-7-14(8-10-16)21-25-19(17-5-1-2-6-20(17)26-21)12-18(24-25)15-4-3-11-23-13-15/h1-11,13,19,21H,12H2. The topological polar surface area (TPSA) is 37.7 Å². The molecule has 0 radical (unpaired) electrons. The average molecular weight is 362 g/mol. The number of nitrogens with zero attached hydrogens (tertiary/aromatic N) is 3.